The van der Waals surface area contributed by atoms with Crippen LogP contribution in [0.2, 0.25) is 0 Å². The first-order valence-electron chi connectivity index (χ1n) is 10.2. The van der Waals surface area contributed by atoms with E-state index in [0.29, 0.717) is 29.8 Å². The van der Waals surface area contributed by atoms with Gasteiger partial charge in [0.25, 0.3) is 5.56 Å². The van der Waals surface area contributed by atoms with Crippen molar-refractivity contribution in [3.05, 3.63) is 70.3 Å². The molecule has 0 radical (unpaired) electrons. The highest BCUT2D eigenvalue weighted by atomic mass is 16.2. The number of aryl methyl sites for hydroxylation is 1. The minimum absolute atomic E-state index is 0.0853. The molecule has 2 heterocycles. The summed E-state index contributed by atoms with van der Waals surface area (Å²) in [6, 6.07) is 15.1. The zero-order valence-corrected chi connectivity index (χ0v) is 16.9. The zero-order chi connectivity index (χ0) is 20.4. The van der Waals surface area contributed by atoms with Crippen molar-refractivity contribution >= 4 is 22.5 Å². The highest BCUT2D eigenvalue weighted by molar-refractivity contribution is 5.98. The van der Waals surface area contributed by atoms with Crippen molar-refractivity contribution in [2.24, 2.45) is 0 Å². The summed E-state index contributed by atoms with van der Waals surface area (Å²) in [5.41, 5.74) is 2.77. The topological polar surface area (TPSA) is 69.3 Å². The van der Waals surface area contributed by atoms with E-state index < -0.39 is 0 Å². The van der Waals surface area contributed by atoms with Crippen LogP contribution in [-0.4, -0.2) is 39.9 Å². The van der Waals surface area contributed by atoms with Crippen LogP contribution in [0, 0.1) is 0 Å². The van der Waals surface area contributed by atoms with Gasteiger partial charge in [-0.15, -0.1) is 0 Å². The van der Waals surface area contributed by atoms with E-state index in [9.17, 15) is 9.59 Å². The van der Waals surface area contributed by atoms with Crippen LogP contribution in [-0.2, 0) is 17.8 Å². The van der Waals surface area contributed by atoms with Crippen molar-refractivity contribution in [1.82, 2.24) is 14.9 Å². The maximum absolute atomic E-state index is 13.3. The molecule has 1 unspecified atom stereocenters. The van der Waals surface area contributed by atoms with E-state index in [-0.39, 0.29) is 17.5 Å². The third-order valence-electron chi connectivity index (χ3n) is 5.70. The minimum Gasteiger partial charge on any atom is -0.311 e. The Labute approximate surface area is 170 Å². The predicted octanol–water partition coefficient (Wildman–Crippen LogP) is 3.11. The van der Waals surface area contributed by atoms with E-state index in [1.165, 1.54) is 5.56 Å². The Kier molecular flexibility index (Phi) is 5.45. The average Bonchev–Trinajstić information content (AvgIpc) is 2.76. The second-order valence-electron chi connectivity index (χ2n) is 7.49. The quantitative estimate of drug-likeness (QED) is 0.727. The van der Waals surface area contributed by atoms with Gasteiger partial charge in [-0.2, -0.15) is 0 Å². The van der Waals surface area contributed by atoms with E-state index in [2.05, 4.69) is 16.0 Å². The van der Waals surface area contributed by atoms with Gasteiger partial charge in [-0.1, -0.05) is 37.3 Å². The van der Waals surface area contributed by atoms with Crippen LogP contribution >= 0.6 is 0 Å². The van der Waals surface area contributed by atoms with Gasteiger partial charge in [-0.3, -0.25) is 14.5 Å². The summed E-state index contributed by atoms with van der Waals surface area (Å²) in [6.07, 6.45) is 1.98. The molecule has 1 atom stereocenters. The van der Waals surface area contributed by atoms with Crippen molar-refractivity contribution in [2.75, 3.05) is 18.0 Å². The number of amides is 1. The molecule has 4 rings (SSSR count). The summed E-state index contributed by atoms with van der Waals surface area (Å²) in [5, 5.41) is 0.577. The monoisotopic (exact) mass is 390 g/mol. The number of aromatic amines is 1. The first-order chi connectivity index (χ1) is 14.1. The Balaban J connectivity index is 1.57. The number of nitrogens with one attached hydrogen (secondary N) is 1. The molecule has 2 aromatic carbocycles. The number of hydrogen-bond donors (Lipinski definition) is 1. The summed E-state index contributed by atoms with van der Waals surface area (Å²) in [5.74, 6) is 0.663. The molecule has 1 aliphatic rings. The van der Waals surface area contributed by atoms with Gasteiger partial charge >= 0.3 is 0 Å². The molecule has 0 saturated carbocycles. The number of anilines is 1. The summed E-state index contributed by atoms with van der Waals surface area (Å²) in [7, 11) is 0. The van der Waals surface area contributed by atoms with Gasteiger partial charge in [0, 0.05) is 12.2 Å². The smallest absolute Gasteiger partial charge is 0.258 e. The largest absolute Gasteiger partial charge is 0.311 e. The van der Waals surface area contributed by atoms with Crippen LogP contribution in [0.5, 0.6) is 0 Å². The fourth-order valence-corrected chi connectivity index (χ4v) is 4.07. The molecule has 3 aromatic rings. The zero-order valence-electron chi connectivity index (χ0n) is 16.9. The van der Waals surface area contributed by atoms with Gasteiger partial charge in [-0.05, 0) is 50.1 Å². The lowest BCUT2D eigenvalue weighted by Crippen LogP contribution is -2.48. The lowest BCUT2D eigenvalue weighted by Gasteiger charge is -2.35. The number of H-pyrrole nitrogens is 1. The second kappa shape index (κ2) is 8.17. The van der Waals surface area contributed by atoms with Crippen LogP contribution in [0.15, 0.2) is 53.3 Å². The normalized spacial score (nSPS) is 14.8. The number of likely N-dealkylation sites (N-methyl/N-ethyl adjacent to an activating group) is 1. The Morgan fingerprint density at radius 1 is 1.21 bits per heavy atom. The number of nitrogens with zero attached hydrogens (tertiary/aromatic N) is 3. The van der Waals surface area contributed by atoms with Crippen molar-refractivity contribution in [3.8, 4) is 0 Å². The van der Waals surface area contributed by atoms with Gasteiger partial charge in [0.05, 0.1) is 23.5 Å². The first kappa shape index (κ1) is 19.3. The van der Waals surface area contributed by atoms with Crippen molar-refractivity contribution in [3.63, 3.8) is 0 Å². The maximum Gasteiger partial charge on any atom is 0.258 e. The molecule has 1 N–H and O–H groups in total. The summed E-state index contributed by atoms with van der Waals surface area (Å²) < 4.78 is 0. The summed E-state index contributed by atoms with van der Waals surface area (Å²) in [6.45, 7) is 5.79. The molecule has 1 amide bonds. The molecule has 0 aliphatic carbocycles. The highest BCUT2D eigenvalue weighted by Gasteiger charge is 2.29. The molecule has 6 heteroatoms. The lowest BCUT2D eigenvalue weighted by molar-refractivity contribution is -0.123. The van der Waals surface area contributed by atoms with Gasteiger partial charge in [-0.25, -0.2) is 4.98 Å². The average molecular weight is 390 g/mol. The fraction of sp³-hybridized carbons (Fsp3) is 0.348. The van der Waals surface area contributed by atoms with E-state index in [4.69, 9.17) is 0 Å². The number of carbonyl (C=O) groups is 1. The van der Waals surface area contributed by atoms with Crippen molar-refractivity contribution in [1.29, 1.82) is 0 Å². The molecular weight excluding hydrogens is 364 g/mol. The molecule has 1 aliphatic heterocycles. The maximum atomic E-state index is 13.3. The van der Waals surface area contributed by atoms with Gasteiger partial charge in [0.2, 0.25) is 5.91 Å². The SMILES string of the molecule is CCN(Cc1nc2ccccc2c(=O)[nH]1)C(C)C(=O)N1CCCc2ccccc21. The number of carbonyl (C=O) groups excluding carboxylic acids is 1. The van der Waals surface area contributed by atoms with E-state index in [0.717, 1.165) is 25.1 Å². The van der Waals surface area contributed by atoms with Crippen molar-refractivity contribution in [2.45, 2.75) is 39.3 Å². The van der Waals surface area contributed by atoms with Gasteiger partial charge in [0.1, 0.15) is 5.82 Å². The summed E-state index contributed by atoms with van der Waals surface area (Å²) in [4.78, 5) is 37.1. The highest BCUT2D eigenvalue weighted by Crippen LogP contribution is 2.27. The van der Waals surface area contributed by atoms with Crippen LogP contribution in [0.3, 0.4) is 0 Å². The predicted molar refractivity (Wildman–Crippen MR) is 115 cm³/mol. The Hall–Kier alpha value is -2.99. The third kappa shape index (κ3) is 3.80. The molecule has 0 fully saturated rings. The van der Waals surface area contributed by atoms with Crippen LogP contribution < -0.4 is 10.5 Å². The van der Waals surface area contributed by atoms with E-state index in [1.54, 1.807) is 6.07 Å². The molecule has 0 saturated heterocycles. The Bertz CT molecular complexity index is 1090. The molecule has 150 valence electrons. The number of benzene rings is 2. The molecule has 0 spiro atoms. The van der Waals surface area contributed by atoms with E-state index in [1.807, 2.05) is 60.0 Å². The molecular formula is C23H26N4O2. The van der Waals surface area contributed by atoms with Crippen LogP contribution in [0.1, 0.15) is 31.7 Å². The number of hydrogen-bond acceptors (Lipinski definition) is 4. The number of fused-ring (bicyclic) bond motifs is 2. The van der Waals surface area contributed by atoms with E-state index >= 15 is 0 Å². The first-order valence-corrected chi connectivity index (χ1v) is 10.2. The standard InChI is InChI=1S/C23H26N4O2/c1-3-26(15-21-24-19-12-6-5-11-18(19)22(28)25-21)16(2)23(29)27-14-8-10-17-9-4-7-13-20(17)27/h4-7,9,11-13,16H,3,8,10,14-15H2,1-2H3,(H,24,25,28). The molecule has 6 nitrogen and oxygen atoms in total. The Morgan fingerprint density at radius 3 is 2.79 bits per heavy atom. The van der Waals surface area contributed by atoms with Gasteiger partial charge < -0.3 is 9.88 Å². The number of rotatable bonds is 5. The Morgan fingerprint density at radius 2 is 1.97 bits per heavy atom. The van der Waals surface area contributed by atoms with Crippen molar-refractivity contribution < 1.29 is 4.79 Å². The second-order valence-corrected chi connectivity index (χ2v) is 7.49. The minimum atomic E-state index is -0.317. The molecule has 29 heavy (non-hydrogen) atoms. The van der Waals surface area contributed by atoms with Gasteiger partial charge in [0.15, 0.2) is 0 Å². The van der Waals surface area contributed by atoms with Crippen LogP contribution in [0.4, 0.5) is 5.69 Å². The molecule has 0 bridgehead atoms. The fourth-order valence-electron chi connectivity index (χ4n) is 4.07. The molecule has 1 aromatic heterocycles. The number of para-hydroxylation sites is 2. The number of aromatic nitrogens is 2. The summed E-state index contributed by atoms with van der Waals surface area (Å²) >= 11 is 0. The lowest BCUT2D eigenvalue weighted by atomic mass is 10.0. The third-order valence-corrected chi connectivity index (χ3v) is 5.70. The van der Waals surface area contributed by atoms with Crippen LogP contribution in [0.25, 0.3) is 10.9 Å².